The molecule has 23 heavy (non-hydrogen) atoms. The van der Waals surface area contributed by atoms with Gasteiger partial charge in [0.05, 0.1) is 20.8 Å². The van der Waals surface area contributed by atoms with Crippen LogP contribution in [0.3, 0.4) is 0 Å². The summed E-state index contributed by atoms with van der Waals surface area (Å²) in [5.41, 5.74) is 2.03. The second kappa shape index (κ2) is 8.63. The summed E-state index contributed by atoms with van der Waals surface area (Å²) >= 11 is 0. The number of hydrogen-bond acceptors (Lipinski definition) is 4. The first-order chi connectivity index (χ1) is 11.2. The van der Waals surface area contributed by atoms with Crippen LogP contribution in [0.1, 0.15) is 18.4 Å². The van der Waals surface area contributed by atoms with Gasteiger partial charge in [0.1, 0.15) is 17.3 Å². The fourth-order valence-electron chi connectivity index (χ4n) is 2.50. The number of methoxy groups -OCH3 is 2. The van der Waals surface area contributed by atoms with Crippen LogP contribution in [0.25, 0.3) is 5.57 Å². The van der Waals surface area contributed by atoms with Crippen molar-refractivity contribution in [1.82, 2.24) is 4.90 Å². The molecular weight excluding hydrogens is 290 g/mol. The largest absolute Gasteiger partial charge is 0.497 e. The van der Waals surface area contributed by atoms with Crippen molar-refractivity contribution in [2.24, 2.45) is 0 Å². The molecule has 125 valence electrons. The van der Waals surface area contributed by atoms with E-state index in [4.69, 9.17) is 14.2 Å². The maximum atomic E-state index is 6.02. The van der Waals surface area contributed by atoms with Gasteiger partial charge < -0.3 is 19.1 Å². The van der Waals surface area contributed by atoms with Crippen LogP contribution >= 0.6 is 0 Å². The number of ether oxygens (including phenoxy) is 3. The Kier molecular flexibility index (Phi) is 6.53. The molecule has 0 aliphatic heterocycles. The zero-order valence-corrected chi connectivity index (χ0v) is 14.5. The van der Waals surface area contributed by atoms with Crippen molar-refractivity contribution in [3.05, 3.63) is 48.1 Å². The molecule has 0 heterocycles. The highest BCUT2D eigenvalue weighted by atomic mass is 16.5. The molecule has 4 heteroatoms. The van der Waals surface area contributed by atoms with Crippen LogP contribution in [-0.4, -0.2) is 46.4 Å². The molecule has 0 N–H and O–H groups in total. The average molecular weight is 316 g/mol. The Morgan fingerprint density at radius 3 is 2.65 bits per heavy atom. The lowest BCUT2D eigenvalue weighted by Crippen LogP contribution is -2.15. The van der Waals surface area contributed by atoms with Crippen molar-refractivity contribution in [2.75, 3.05) is 41.5 Å². The lowest BCUT2D eigenvalue weighted by Gasteiger charge is -2.20. The highest BCUT2D eigenvalue weighted by molar-refractivity contribution is 5.82. The Balaban J connectivity index is 2.23. The second-order valence-electron chi connectivity index (χ2n) is 5.69. The summed E-state index contributed by atoms with van der Waals surface area (Å²) in [6.45, 7) is 1.72. The Morgan fingerprint density at radius 1 is 1.13 bits per heavy atom. The number of allylic oxidation sites excluding steroid dienone is 4. The Morgan fingerprint density at radius 2 is 1.96 bits per heavy atom. The fourth-order valence-corrected chi connectivity index (χ4v) is 2.50. The Hall–Kier alpha value is -1.94. The molecule has 1 aromatic carbocycles. The van der Waals surface area contributed by atoms with Crippen LogP contribution in [0.2, 0.25) is 0 Å². The number of rotatable bonds is 8. The highest BCUT2D eigenvalue weighted by Gasteiger charge is 2.17. The summed E-state index contributed by atoms with van der Waals surface area (Å²) in [5, 5.41) is 0. The molecule has 0 saturated heterocycles. The van der Waals surface area contributed by atoms with Crippen molar-refractivity contribution >= 4 is 5.57 Å². The van der Waals surface area contributed by atoms with Crippen LogP contribution in [-0.2, 0) is 4.74 Å². The van der Waals surface area contributed by atoms with Gasteiger partial charge in [0.25, 0.3) is 0 Å². The minimum atomic E-state index is 0.702. The van der Waals surface area contributed by atoms with Crippen LogP contribution in [0, 0.1) is 6.42 Å². The molecule has 1 aliphatic carbocycles. The van der Waals surface area contributed by atoms with E-state index < -0.39 is 0 Å². The van der Waals surface area contributed by atoms with Crippen molar-refractivity contribution in [3.8, 4) is 11.5 Å². The highest BCUT2D eigenvalue weighted by Crippen LogP contribution is 2.35. The molecule has 1 aromatic rings. The van der Waals surface area contributed by atoms with Gasteiger partial charge >= 0.3 is 0 Å². The third-order valence-corrected chi connectivity index (χ3v) is 3.69. The van der Waals surface area contributed by atoms with Gasteiger partial charge in [0.15, 0.2) is 0 Å². The summed E-state index contributed by atoms with van der Waals surface area (Å²) in [6.07, 6.45) is 8.22. The Labute approximate surface area is 139 Å². The van der Waals surface area contributed by atoms with Crippen molar-refractivity contribution in [2.45, 2.75) is 12.8 Å². The fraction of sp³-hybridized carbons (Fsp3) is 0.421. The van der Waals surface area contributed by atoms with Gasteiger partial charge in [-0.05, 0) is 45.1 Å². The van der Waals surface area contributed by atoms with E-state index in [-0.39, 0.29) is 0 Å². The Bertz CT molecular complexity index is 576. The van der Waals surface area contributed by atoms with Gasteiger partial charge in [-0.1, -0.05) is 12.2 Å². The quantitative estimate of drug-likeness (QED) is 0.686. The minimum Gasteiger partial charge on any atom is -0.497 e. The molecule has 4 nitrogen and oxygen atoms in total. The molecular formula is C19H26NO3. The van der Waals surface area contributed by atoms with Crippen molar-refractivity contribution in [3.63, 3.8) is 0 Å². The summed E-state index contributed by atoms with van der Waals surface area (Å²) in [7, 11) is 7.49. The van der Waals surface area contributed by atoms with Crippen LogP contribution in [0.4, 0.5) is 0 Å². The molecule has 0 amide bonds. The van der Waals surface area contributed by atoms with Gasteiger partial charge in [-0.3, -0.25) is 0 Å². The van der Waals surface area contributed by atoms with E-state index in [9.17, 15) is 0 Å². The summed E-state index contributed by atoms with van der Waals surface area (Å²) in [4.78, 5) is 2.16. The maximum absolute atomic E-state index is 6.02. The molecule has 2 rings (SSSR count). The van der Waals surface area contributed by atoms with Gasteiger partial charge in [-0.2, -0.15) is 0 Å². The van der Waals surface area contributed by atoms with E-state index in [1.54, 1.807) is 14.2 Å². The predicted molar refractivity (Wildman–Crippen MR) is 93.6 cm³/mol. The van der Waals surface area contributed by atoms with E-state index in [0.717, 1.165) is 47.8 Å². The zero-order chi connectivity index (χ0) is 16.7. The first kappa shape index (κ1) is 17.4. The molecule has 0 unspecified atom stereocenters. The number of benzene rings is 1. The summed E-state index contributed by atoms with van der Waals surface area (Å²) < 4.78 is 16.9. The predicted octanol–water partition coefficient (Wildman–Crippen LogP) is 3.55. The first-order valence-electron chi connectivity index (χ1n) is 7.89. The zero-order valence-electron chi connectivity index (χ0n) is 14.5. The van der Waals surface area contributed by atoms with Crippen LogP contribution in [0.5, 0.6) is 11.5 Å². The summed E-state index contributed by atoms with van der Waals surface area (Å²) in [5.74, 6) is 2.53. The topological polar surface area (TPSA) is 30.9 Å². The van der Waals surface area contributed by atoms with Crippen LogP contribution < -0.4 is 9.47 Å². The third kappa shape index (κ3) is 4.76. The molecule has 0 spiro atoms. The lowest BCUT2D eigenvalue weighted by atomic mass is 9.97. The van der Waals surface area contributed by atoms with E-state index in [1.807, 2.05) is 18.2 Å². The van der Waals surface area contributed by atoms with E-state index >= 15 is 0 Å². The first-order valence-corrected chi connectivity index (χ1v) is 7.89. The standard InChI is InChI=1S/C19H26NO3/c1-20(2)12-7-13-23-19-9-6-5-8-16(19)17-14-15(21-3)10-11-18(17)22-4/h5,8-11,14H,6-7,12-13H2,1-4H3. The molecule has 1 radical (unpaired) electrons. The van der Waals surface area contributed by atoms with Gasteiger partial charge in [0.2, 0.25) is 0 Å². The van der Waals surface area contributed by atoms with Crippen molar-refractivity contribution < 1.29 is 14.2 Å². The maximum Gasteiger partial charge on any atom is 0.127 e. The molecule has 0 saturated carbocycles. The summed E-state index contributed by atoms with van der Waals surface area (Å²) in [6, 6.07) is 5.81. The molecule has 0 bridgehead atoms. The SMILES string of the molecule is COc1ccc(OC)c(C2=C(OCCCN(C)C)[CH]CC=C2)c1. The van der Waals surface area contributed by atoms with E-state index in [0.29, 0.717) is 6.61 Å². The second-order valence-corrected chi connectivity index (χ2v) is 5.69. The monoisotopic (exact) mass is 316 g/mol. The van der Waals surface area contributed by atoms with Crippen LogP contribution in [0.15, 0.2) is 36.1 Å². The number of hydrogen-bond donors (Lipinski definition) is 0. The van der Waals surface area contributed by atoms with Gasteiger partial charge in [0, 0.05) is 24.1 Å². The minimum absolute atomic E-state index is 0.702. The molecule has 1 aliphatic rings. The van der Waals surface area contributed by atoms with Gasteiger partial charge in [-0.15, -0.1) is 0 Å². The molecule has 0 aromatic heterocycles. The molecule has 0 atom stereocenters. The average Bonchev–Trinajstić information content (AvgIpc) is 2.58. The van der Waals surface area contributed by atoms with E-state index in [1.165, 1.54) is 0 Å². The van der Waals surface area contributed by atoms with Crippen molar-refractivity contribution in [1.29, 1.82) is 0 Å². The third-order valence-electron chi connectivity index (χ3n) is 3.69. The molecule has 0 fully saturated rings. The van der Waals surface area contributed by atoms with Gasteiger partial charge in [-0.25, -0.2) is 0 Å². The van der Waals surface area contributed by atoms with E-state index in [2.05, 4.69) is 37.6 Å². The normalized spacial score (nSPS) is 14.3. The lowest BCUT2D eigenvalue weighted by molar-refractivity contribution is 0.202. The number of nitrogens with zero attached hydrogens (tertiary/aromatic N) is 1. The smallest absolute Gasteiger partial charge is 0.127 e.